The van der Waals surface area contributed by atoms with E-state index in [2.05, 4.69) is 51.2 Å². The van der Waals surface area contributed by atoms with Crippen LogP contribution >= 0.6 is 0 Å². The van der Waals surface area contributed by atoms with Crippen molar-refractivity contribution in [2.45, 2.75) is 19.6 Å². The third-order valence-corrected chi connectivity index (χ3v) is 13.1. The summed E-state index contributed by atoms with van der Waals surface area (Å²) >= 11 is 0. The largest absolute Gasteiger partial charge is 1.00 e. The molecule has 2 aromatic heterocycles. The molecular weight excluding hydrogens is 1120 g/mol. The number of nitrogens with one attached hydrogen (secondary N) is 4. The number of hydrogen-bond acceptors (Lipinski definition) is 28. The number of benzene rings is 4. The van der Waals surface area contributed by atoms with Gasteiger partial charge in [0.2, 0.25) is 35.7 Å². The van der Waals surface area contributed by atoms with Gasteiger partial charge in [-0.1, -0.05) is 24.3 Å². The molecule has 76 heavy (non-hydrogen) atoms. The van der Waals surface area contributed by atoms with E-state index in [1.54, 1.807) is 0 Å². The Morgan fingerprint density at radius 1 is 0.408 bits per heavy atom. The van der Waals surface area contributed by atoms with Gasteiger partial charge in [-0.15, -0.1) is 0 Å². The molecule has 4 aromatic carbocycles. The molecule has 0 saturated heterocycles. The van der Waals surface area contributed by atoms with Crippen LogP contribution in [0.5, 0.6) is 0 Å². The maximum absolute atomic E-state index is 12.6. The van der Waals surface area contributed by atoms with Crippen molar-refractivity contribution in [3.8, 4) is 0 Å². The molecule has 0 aliphatic heterocycles. The van der Waals surface area contributed by atoms with Crippen molar-refractivity contribution < 1.29 is 191 Å². The summed E-state index contributed by atoms with van der Waals surface area (Å²) in [6, 6.07) is 16.1. The first-order valence-electron chi connectivity index (χ1n) is 20.5. The average Bonchev–Trinajstić information content (AvgIpc) is 3.30. The Bertz CT molecular complexity index is 3180. The van der Waals surface area contributed by atoms with E-state index in [1.807, 2.05) is 0 Å². The zero-order valence-electron chi connectivity index (χ0n) is 40.8. The van der Waals surface area contributed by atoms with E-state index in [0.717, 1.165) is 36.4 Å². The van der Waals surface area contributed by atoms with Crippen LogP contribution in [0.4, 0.5) is 58.4 Å². The Balaban J connectivity index is 0.00000494. The number of nitrogens with zero attached hydrogens (tertiary/aromatic N) is 8. The minimum atomic E-state index is -5.28. The van der Waals surface area contributed by atoms with Crippen molar-refractivity contribution in [2.24, 2.45) is 0 Å². The molecule has 0 spiro atoms. The molecule has 0 fully saturated rings. The van der Waals surface area contributed by atoms with Gasteiger partial charge in [-0.3, -0.25) is 0 Å². The van der Waals surface area contributed by atoms with Crippen molar-refractivity contribution in [1.82, 2.24) is 29.9 Å². The number of rotatable bonds is 24. The van der Waals surface area contributed by atoms with Crippen molar-refractivity contribution in [3.05, 3.63) is 96.1 Å². The molecule has 0 radical (unpaired) electrons. The Kier molecular flexibility index (Phi) is 27.7. The van der Waals surface area contributed by atoms with Crippen molar-refractivity contribution >= 4 is 111 Å². The quantitative estimate of drug-likeness (QED) is 0.0158. The molecule has 6 aromatic rings. The van der Waals surface area contributed by atoms with Crippen LogP contribution in [-0.2, 0) is 40.5 Å². The molecule has 384 valence electrons. The summed E-state index contributed by atoms with van der Waals surface area (Å²) in [5.74, 6) is -1.44. The smallest absolute Gasteiger partial charge is 0.744 e. The SMILES string of the molecule is O=S(=O)([O-])c1ccc(Nc2nc(Nc3ccc(/C=C/c4ccc(Nc5nc(Nc6ccc(S(=O)(=O)[O-])cc6)nc(N(CCO)CCO)n5)c(S(=O)(=O)[O-])c4)cc3S(=O)(=O)[O-])nc(N(CCO)CCO)n2)cc1.[Na+].[Na+].[Na+].[Na+]. The average molecular weight is 1170 g/mol. The molecule has 0 atom stereocenters. The van der Waals surface area contributed by atoms with E-state index in [-0.39, 0.29) is 214 Å². The van der Waals surface area contributed by atoms with Gasteiger partial charge >= 0.3 is 118 Å². The van der Waals surface area contributed by atoms with Crippen LogP contribution in [0.2, 0.25) is 0 Å². The van der Waals surface area contributed by atoms with Crippen LogP contribution in [-0.4, -0.2) is 155 Å². The molecule has 0 saturated carbocycles. The molecule has 2 heterocycles. The van der Waals surface area contributed by atoms with Crippen LogP contribution in [0.3, 0.4) is 0 Å². The Hall–Kier alpha value is -3.08. The van der Waals surface area contributed by atoms with E-state index < -0.39 is 86.5 Å². The fraction of sp³-hybridized carbons (Fsp3) is 0.200. The van der Waals surface area contributed by atoms with Gasteiger partial charge in [0.1, 0.15) is 40.5 Å². The number of hydrogen-bond donors (Lipinski definition) is 8. The van der Waals surface area contributed by atoms with Gasteiger partial charge in [0, 0.05) is 37.6 Å². The van der Waals surface area contributed by atoms with E-state index in [9.17, 15) is 72.3 Å². The van der Waals surface area contributed by atoms with Crippen LogP contribution in [0.25, 0.3) is 12.2 Å². The molecule has 0 aliphatic carbocycles. The fourth-order valence-corrected chi connectivity index (χ4v) is 8.63. The van der Waals surface area contributed by atoms with Crippen molar-refractivity contribution in [3.63, 3.8) is 0 Å². The zero-order chi connectivity index (χ0) is 52.4. The minimum Gasteiger partial charge on any atom is -0.744 e. The number of anilines is 10. The van der Waals surface area contributed by atoms with Gasteiger partial charge in [-0.25, -0.2) is 33.7 Å². The molecule has 8 N–H and O–H groups in total. The first-order valence-corrected chi connectivity index (χ1v) is 26.1. The summed E-state index contributed by atoms with van der Waals surface area (Å²) in [6.45, 7) is -1.97. The third kappa shape index (κ3) is 19.9. The number of aliphatic hydroxyl groups is 4. The Morgan fingerprint density at radius 2 is 0.697 bits per heavy atom. The summed E-state index contributed by atoms with van der Waals surface area (Å²) in [4.78, 5) is 25.5. The Labute approximate surface area is 524 Å². The van der Waals surface area contributed by atoms with Crippen LogP contribution < -0.4 is 149 Å². The van der Waals surface area contributed by atoms with E-state index in [4.69, 9.17) is 0 Å². The Morgan fingerprint density at radius 3 is 0.961 bits per heavy atom. The molecule has 6 rings (SSSR count). The summed E-state index contributed by atoms with van der Waals surface area (Å²) in [5, 5.41) is 49.4. The summed E-state index contributed by atoms with van der Waals surface area (Å²) < 4.78 is 144. The van der Waals surface area contributed by atoms with Crippen molar-refractivity contribution in [2.75, 3.05) is 83.7 Å². The zero-order valence-corrected chi connectivity index (χ0v) is 52.1. The maximum Gasteiger partial charge on any atom is 1.00 e. The second kappa shape index (κ2) is 30.5. The van der Waals surface area contributed by atoms with Crippen LogP contribution in [0.1, 0.15) is 11.1 Å². The third-order valence-electron chi connectivity index (χ3n) is 9.60. The van der Waals surface area contributed by atoms with Gasteiger partial charge in [-0.2, -0.15) is 29.9 Å². The normalized spacial score (nSPS) is 11.5. The topological polar surface area (TPSA) is 442 Å². The fourth-order valence-electron chi connectivity index (χ4n) is 6.35. The number of aliphatic hydroxyl groups excluding tert-OH is 4. The number of aromatic nitrogens is 6. The second-order valence-electron chi connectivity index (χ2n) is 14.6. The van der Waals surface area contributed by atoms with Crippen LogP contribution in [0, 0.1) is 0 Å². The van der Waals surface area contributed by atoms with Crippen molar-refractivity contribution in [1.29, 1.82) is 0 Å². The van der Waals surface area contributed by atoms with E-state index in [1.165, 1.54) is 70.5 Å². The standard InChI is InChI=1S/C40H44N12O16S4.4Na/c53-19-15-51(16-20-54)39-47-35(41-27-5-9-29(10-6-27)69(57,58)59)45-37(49-39)43-31-13-3-25(23-33(31)71(63,64)65)1-2-26-4-14-32(34(24-26)72(66,67)68)44-38-46-36(48-40(50-38)52(17-21-55)18-22-56)42-28-7-11-30(12-8-28)70(60,61)62;;;;/h1-14,23-24,53-56H,15-22H2,(H,57,58,59)(H,60,61,62)(H,63,64,65)(H,66,67,68)(H2,41,43,45,47,49)(H2,42,44,46,48,50);;;;/q;4*+1/p-4/b2-1+;;;;. The molecular formula is C40H40N12Na4O16S4. The van der Waals surface area contributed by atoms with Crippen LogP contribution in [0.15, 0.2) is 105 Å². The van der Waals surface area contributed by atoms with Gasteiger partial charge in [0.15, 0.2) is 0 Å². The summed E-state index contributed by atoms with van der Waals surface area (Å²) in [7, 11) is -20.1. The summed E-state index contributed by atoms with van der Waals surface area (Å²) in [5.41, 5.74) is -0.106. The van der Waals surface area contributed by atoms with E-state index >= 15 is 0 Å². The predicted octanol–water partition coefficient (Wildman–Crippen LogP) is -11.6. The summed E-state index contributed by atoms with van der Waals surface area (Å²) in [6.07, 6.45) is 2.59. The molecule has 28 nitrogen and oxygen atoms in total. The van der Waals surface area contributed by atoms with Gasteiger partial charge in [0.25, 0.3) is 0 Å². The van der Waals surface area contributed by atoms with Gasteiger partial charge in [0.05, 0.1) is 57.4 Å². The molecule has 0 bridgehead atoms. The monoisotopic (exact) mass is 1160 g/mol. The first-order chi connectivity index (χ1) is 34.0. The molecule has 0 amide bonds. The maximum atomic E-state index is 12.6. The van der Waals surface area contributed by atoms with Gasteiger partial charge in [-0.05, 0) is 83.9 Å². The molecule has 0 aliphatic rings. The minimum absolute atomic E-state index is 0. The molecule has 36 heteroatoms. The predicted molar refractivity (Wildman–Crippen MR) is 252 cm³/mol. The second-order valence-corrected chi connectivity index (χ2v) is 20.1. The molecule has 0 unspecified atom stereocenters. The first kappa shape index (κ1) is 69.0. The van der Waals surface area contributed by atoms with E-state index in [0.29, 0.717) is 0 Å². The van der Waals surface area contributed by atoms with Gasteiger partial charge < -0.3 is 69.7 Å².